The number of alkyl carbamates (subject to hydrolysis) is 1. The summed E-state index contributed by atoms with van der Waals surface area (Å²) in [6, 6.07) is 0. The molecule has 12 heavy (non-hydrogen) atoms. The third-order valence-electron chi connectivity index (χ3n) is 0.895. The molecule has 0 aliphatic rings. The highest BCUT2D eigenvalue weighted by Gasteiger charge is 2.14. The maximum atomic E-state index is 10.9. The molecule has 0 spiro atoms. The molecule has 0 saturated heterocycles. The molecule has 4 nitrogen and oxygen atoms in total. The zero-order chi connectivity index (χ0) is 10.5. The monoisotopic (exact) mass is 174 g/mol. The predicted molar refractivity (Wildman–Crippen MR) is 44.9 cm³/mol. The second kappa shape index (κ2) is 4.74. The van der Waals surface area contributed by atoms with Crippen molar-refractivity contribution < 1.29 is 15.7 Å². The van der Waals surface area contributed by atoms with Gasteiger partial charge >= 0.3 is 6.09 Å². The number of hydrogen-bond acceptors (Lipinski definition) is 3. The zero-order valence-electron chi connectivity index (χ0n) is 8.64. The first-order chi connectivity index (χ1) is 5.81. The highest BCUT2D eigenvalue weighted by molar-refractivity contribution is 5.68. The fourth-order valence-corrected chi connectivity index (χ4v) is 0.530. The minimum absolute atomic E-state index is 0.0131. The van der Waals surface area contributed by atoms with Crippen LogP contribution in [0.1, 0.15) is 28.6 Å². The van der Waals surface area contributed by atoms with Gasteiger partial charge in [-0.2, -0.15) is 0 Å². The Morgan fingerprint density at radius 2 is 2.25 bits per heavy atom. The molecule has 0 saturated carbocycles. The van der Waals surface area contributed by atoms with Crippen LogP contribution in [0.5, 0.6) is 0 Å². The van der Waals surface area contributed by atoms with Crippen LogP contribution in [0.2, 0.25) is 0 Å². The van der Waals surface area contributed by atoms with Crippen molar-refractivity contribution in [3.8, 4) is 0 Å². The summed E-state index contributed by atoms with van der Waals surface area (Å²) >= 11 is 0. The Balaban J connectivity index is 3.59. The van der Waals surface area contributed by atoms with E-state index in [0.29, 0.717) is 0 Å². The van der Waals surface area contributed by atoms with E-state index < -0.39 is 18.0 Å². The quantitative estimate of drug-likeness (QED) is 0.652. The summed E-state index contributed by atoms with van der Waals surface area (Å²) in [5, 5.41) is 2.37. The van der Waals surface area contributed by atoms with Crippen LogP contribution in [-0.4, -0.2) is 24.5 Å². The lowest BCUT2D eigenvalue weighted by molar-refractivity contribution is -0.107. The van der Waals surface area contributed by atoms with Crippen LogP contribution in [0.4, 0.5) is 4.79 Å². The highest BCUT2D eigenvalue weighted by Crippen LogP contribution is 2.05. The molecule has 0 atom stereocenters. The Bertz CT molecular complexity index is 198. The van der Waals surface area contributed by atoms with Gasteiger partial charge in [0, 0.05) is 13.0 Å². The van der Waals surface area contributed by atoms with Gasteiger partial charge in [0.05, 0.1) is 0 Å². The third kappa shape index (κ3) is 7.05. The lowest BCUT2D eigenvalue weighted by atomic mass is 10.2. The van der Waals surface area contributed by atoms with Gasteiger partial charge in [0.15, 0.2) is 0 Å². The van der Waals surface area contributed by atoms with Crippen LogP contribution in [0, 0.1) is 0 Å². The third-order valence-corrected chi connectivity index (χ3v) is 0.895. The average molecular weight is 174 g/mol. The van der Waals surface area contributed by atoms with Crippen molar-refractivity contribution in [1.29, 1.82) is 0 Å². The normalized spacial score (nSPS) is 11.8. The molecule has 0 rings (SSSR count). The van der Waals surface area contributed by atoms with E-state index in [2.05, 4.69) is 5.32 Å². The SMILES string of the molecule is [2H]C(=O)CCNC(=O)OC(C)(C)C. The molecule has 0 radical (unpaired) electrons. The van der Waals surface area contributed by atoms with Crippen LogP contribution in [0.25, 0.3) is 0 Å². The van der Waals surface area contributed by atoms with Crippen LogP contribution in [0.3, 0.4) is 0 Å². The topological polar surface area (TPSA) is 55.4 Å². The molecule has 0 aromatic heterocycles. The Labute approximate surface area is 73.7 Å². The molecule has 0 fully saturated rings. The number of carbonyl (C=O) groups excluding carboxylic acids is 2. The van der Waals surface area contributed by atoms with E-state index in [0.717, 1.165) is 0 Å². The summed E-state index contributed by atoms with van der Waals surface area (Å²) in [5.74, 6) is 0. The van der Waals surface area contributed by atoms with Crippen molar-refractivity contribution >= 4 is 12.4 Å². The lowest BCUT2D eigenvalue weighted by Gasteiger charge is -2.19. The number of rotatable bonds is 3. The molecule has 0 aliphatic heterocycles. The number of ether oxygens (including phenoxy) is 1. The first-order valence-electron chi connectivity index (χ1n) is 4.27. The van der Waals surface area contributed by atoms with Gasteiger partial charge in [-0.3, -0.25) is 0 Å². The number of nitrogens with one attached hydrogen (secondary N) is 1. The largest absolute Gasteiger partial charge is 0.444 e. The smallest absolute Gasteiger partial charge is 0.407 e. The fraction of sp³-hybridized carbons (Fsp3) is 0.750. The van der Waals surface area contributed by atoms with Crippen molar-refractivity contribution in [2.75, 3.05) is 6.54 Å². The van der Waals surface area contributed by atoms with Gasteiger partial charge in [-0.1, -0.05) is 0 Å². The van der Waals surface area contributed by atoms with Gasteiger partial charge in [-0.05, 0) is 20.8 Å². The summed E-state index contributed by atoms with van der Waals surface area (Å²) in [7, 11) is 0. The molecule has 0 aromatic carbocycles. The summed E-state index contributed by atoms with van der Waals surface area (Å²) in [6.07, 6.45) is -1.25. The molecule has 0 aromatic rings. The lowest BCUT2D eigenvalue weighted by Crippen LogP contribution is -2.33. The van der Waals surface area contributed by atoms with Gasteiger partial charge in [0.1, 0.15) is 13.2 Å². The minimum atomic E-state index is -0.698. The van der Waals surface area contributed by atoms with E-state index in [4.69, 9.17) is 6.11 Å². The van der Waals surface area contributed by atoms with Crippen LogP contribution in [0.15, 0.2) is 0 Å². The van der Waals surface area contributed by atoms with Gasteiger partial charge in [-0.25, -0.2) is 4.79 Å². The maximum Gasteiger partial charge on any atom is 0.407 e. The van der Waals surface area contributed by atoms with E-state index in [-0.39, 0.29) is 13.0 Å². The van der Waals surface area contributed by atoms with E-state index >= 15 is 0 Å². The van der Waals surface area contributed by atoms with Gasteiger partial charge in [-0.15, -0.1) is 0 Å². The molecule has 1 N–H and O–H groups in total. The van der Waals surface area contributed by atoms with E-state index in [9.17, 15) is 9.59 Å². The average Bonchev–Trinajstić information content (AvgIpc) is 1.81. The fourth-order valence-electron chi connectivity index (χ4n) is 0.530. The number of amides is 1. The van der Waals surface area contributed by atoms with Crippen molar-refractivity contribution in [3.63, 3.8) is 0 Å². The summed E-state index contributed by atoms with van der Waals surface area (Å²) in [4.78, 5) is 21.1. The van der Waals surface area contributed by atoms with Gasteiger partial charge in [0.25, 0.3) is 0 Å². The van der Waals surface area contributed by atoms with Crippen molar-refractivity contribution in [3.05, 3.63) is 0 Å². The first-order valence-corrected chi connectivity index (χ1v) is 3.77. The molecule has 0 bridgehead atoms. The summed E-state index contributed by atoms with van der Waals surface area (Å²) < 4.78 is 11.5. The Morgan fingerprint density at radius 3 is 2.67 bits per heavy atom. The summed E-state index contributed by atoms with van der Waals surface area (Å²) in [6.45, 7) is 5.41. The second-order valence-corrected chi connectivity index (χ2v) is 3.32. The van der Waals surface area contributed by atoms with Crippen LogP contribution < -0.4 is 5.32 Å². The molecular weight excluding hydrogens is 158 g/mol. The Hall–Kier alpha value is -1.06. The predicted octanol–water partition coefficient (Wildman–Crippen LogP) is 1.10. The Kier molecular flexibility index (Phi) is 3.57. The molecule has 0 aliphatic carbocycles. The number of aldehydes is 1. The number of hydrogen-bond donors (Lipinski definition) is 1. The minimum Gasteiger partial charge on any atom is -0.444 e. The highest BCUT2D eigenvalue weighted by atomic mass is 16.6. The summed E-state index contributed by atoms with van der Waals surface area (Å²) in [5.41, 5.74) is -0.533. The van der Waals surface area contributed by atoms with E-state index in [1.54, 1.807) is 20.8 Å². The van der Waals surface area contributed by atoms with Gasteiger partial charge in [0.2, 0.25) is 0 Å². The maximum absolute atomic E-state index is 10.9. The van der Waals surface area contributed by atoms with Crippen molar-refractivity contribution in [2.24, 2.45) is 0 Å². The standard InChI is InChI=1S/C8H15NO3/c1-8(2,3)12-7(11)9-5-4-6-10/h6H,4-5H2,1-3H3,(H,9,11)/i6D. The first kappa shape index (κ1) is 9.03. The van der Waals surface area contributed by atoms with Crippen LogP contribution >= 0.6 is 0 Å². The molecular formula is C8H15NO3. The zero-order valence-corrected chi connectivity index (χ0v) is 7.64. The van der Waals surface area contributed by atoms with E-state index in [1.165, 1.54) is 0 Å². The molecule has 4 heteroatoms. The van der Waals surface area contributed by atoms with E-state index in [1.807, 2.05) is 0 Å². The molecule has 0 heterocycles. The number of carbonyl (C=O) groups is 2. The molecule has 0 unspecified atom stereocenters. The van der Waals surface area contributed by atoms with Gasteiger partial charge < -0.3 is 14.8 Å². The second-order valence-electron chi connectivity index (χ2n) is 3.32. The van der Waals surface area contributed by atoms with Crippen molar-refractivity contribution in [1.82, 2.24) is 5.32 Å². The molecule has 1 amide bonds. The molecule has 70 valence electrons. The Morgan fingerprint density at radius 1 is 1.67 bits per heavy atom. The van der Waals surface area contributed by atoms with Crippen molar-refractivity contribution in [2.45, 2.75) is 32.8 Å². The van der Waals surface area contributed by atoms with Crippen LogP contribution in [-0.2, 0) is 9.53 Å².